The molecule has 0 spiro atoms. The molecule has 1 fully saturated rings. The Morgan fingerprint density at radius 3 is 2.47 bits per heavy atom. The van der Waals surface area contributed by atoms with Crippen LogP contribution in [0.25, 0.3) is 0 Å². The Hall–Kier alpha value is -1.38. The van der Waals surface area contributed by atoms with Crippen molar-refractivity contribution in [3.63, 3.8) is 0 Å². The number of hydrogen-bond donors (Lipinski definition) is 1. The molecule has 2 rings (SSSR count). The van der Waals surface area contributed by atoms with Crippen LogP contribution in [0.15, 0.2) is 24.5 Å². The maximum absolute atomic E-state index is 12.0. The monoisotopic (exact) mass is 260 g/mol. The van der Waals surface area contributed by atoms with Crippen LogP contribution in [-0.4, -0.2) is 16.9 Å². The van der Waals surface area contributed by atoms with E-state index in [1.165, 1.54) is 12.8 Å². The number of rotatable bonds is 2. The molecule has 0 bridgehead atoms. The Bertz CT molecular complexity index is 414. The van der Waals surface area contributed by atoms with Crippen LogP contribution < -0.4 is 5.32 Å². The molecule has 0 unspecified atom stereocenters. The fourth-order valence-corrected chi connectivity index (χ4v) is 2.87. The molecule has 0 aromatic carbocycles. The zero-order chi connectivity index (χ0) is 13.9. The van der Waals surface area contributed by atoms with Crippen molar-refractivity contribution in [2.24, 2.45) is 11.3 Å². The van der Waals surface area contributed by atoms with Gasteiger partial charge in [-0.05, 0) is 49.1 Å². The predicted octanol–water partition coefficient (Wildman–Crippen LogP) is 3.42. The summed E-state index contributed by atoms with van der Waals surface area (Å²) >= 11 is 0. The van der Waals surface area contributed by atoms with Crippen LogP contribution in [0.3, 0.4) is 0 Å². The van der Waals surface area contributed by atoms with E-state index in [1.807, 2.05) is 6.07 Å². The van der Waals surface area contributed by atoms with Crippen molar-refractivity contribution in [3.8, 4) is 0 Å². The summed E-state index contributed by atoms with van der Waals surface area (Å²) in [7, 11) is 0. The molecule has 0 radical (unpaired) electrons. The van der Waals surface area contributed by atoms with E-state index in [4.69, 9.17) is 0 Å². The second-order valence-electron chi connectivity index (χ2n) is 6.63. The molecule has 19 heavy (non-hydrogen) atoms. The molecule has 3 heteroatoms. The number of pyridine rings is 1. The number of hydrogen-bond acceptors (Lipinski definition) is 2. The molecule has 0 saturated heterocycles. The zero-order valence-corrected chi connectivity index (χ0v) is 12.1. The Balaban J connectivity index is 1.85. The second kappa shape index (κ2) is 5.72. The van der Waals surface area contributed by atoms with Gasteiger partial charge in [0.15, 0.2) is 0 Å². The van der Waals surface area contributed by atoms with E-state index in [0.29, 0.717) is 17.0 Å². The third-order valence-corrected chi connectivity index (χ3v) is 4.21. The van der Waals surface area contributed by atoms with Gasteiger partial charge in [-0.15, -0.1) is 0 Å². The lowest BCUT2D eigenvalue weighted by atomic mass is 9.71. The second-order valence-corrected chi connectivity index (χ2v) is 6.63. The van der Waals surface area contributed by atoms with Crippen molar-refractivity contribution in [2.75, 3.05) is 0 Å². The van der Waals surface area contributed by atoms with Crippen molar-refractivity contribution >= 4 is 5.91 Å². The van der Waals surface area contributed by atoms with Gasteiger partial charge in [-0.3, -0.25) is 9.78 Å². The Labute approximate surface area is 115 Å². The highest BCUT2D eigenvalue weighted by molar-refractivity contribution is 5.93. The SMILES string of the molecule is CC(C)(C)C1CCC(NC(=O)c2cccnc2)CC1. The summed E-state index contributed by atoms with van der Waals surface area (Å²) in [6.07, 6.45) is 7.91. The largest absolute Gasteiger partial charge is 0.349 e. The van der Waals surface area contributed by atoms with Gasteiger partial charge in [-0.25, -0.2) is 0 Å². The van der Waals surface area contributed by atoms with Crippen LogP contribution in [0.1, 0.15) is 56.8 Å². The molecular weight excluding hydrogens is 236 g/mol. The van der Waals surface area contributed by atoms with Crippen molar-refractivity contribution in [1.29, 1.82) is 0 Å². The van der Waals surface area contributed by atoms with Gasteiger partial charge in [0.25, 0.3) is 5.91 Å². The number of nitrogens with zero attached hydrogens (tertiary/aromatic N) is 1. The number of carbonyl (C=O) groups excluding carboxylic acids is 1. The van der Waals surface area contributed by atoms with E-state index in [1.54, 1.807) is 18.5 Å². The van der Waals surface area contributed by atoms with Crippen molar-refractivity contribution in [3.05, 3.63) is 30.1 Å². The third kappa shape index (κ3) is 3.79. The van der Waals surface area contributed by atoms with Gasteiger partial charge in [0.2, 0.25) is 0 Å². The highest BCUT2D eigenvalue weighted by Crippen LogP contribution is 2.37. The fraction of sp³-hybridized carbons (Fsp3) is 0.625. The summed E-state index contributed by atoms with van der Waals surface area (Å²) in [6.45, 7) is 6.94. The summed E-state index contributed by atoms with van der Waals surface area (Å²) in [4.78, 5) is 16.0. The molecular formula is C16H24N2O. The maximum Gasteiger partial charge on any atom is 0.253 e. The van der Waals surface area contributed by atoms with Crippen LogP contribution in [-0.2, 0) is 0 Å². The molecule has 1 aliphatic carbocycles. The third-order valence-electron chi connectivity index (χ3n) is 4.21. The first kappa shape index (κ1) is 14.0. The van der Waals surface area contributed by atoms with Crippen LogP contribution in [0, 0.1) is 11.3 Å². The lowest BCUT2D eigenvalue weighted by Gasteiger charge is -2.37. The van der Waals surface area contributed by atoms with Gasteiger partial charge in [0.05, 0.1) is 5.56 Å². The summed E-state index contributed by atoms with van der Waals surface area (Å²) in [5, 5.41) is 3.13. The number of carbonyl (C=O) groups is 1. The normalized spacial score (nSPS) is 23.9. The Morgan fingerprint density at radius 1 is 1.26 bits per heavy atom. The maximum atomic E-state index is 12.0. The Kier molecular flexibility index (Phi) is 4.23. The fourth-order valence-electron chi connectivity index (χ4n) is 2.87. The first-order valence-corrected chi connectivity index (χ1v) is 7.17. The molecule has 3 nitrogen and oxygen atoms in total. The van der Waals surface area contributed by atoms with E-state index in [0.717, 1.165) is 18.8 Å². The summed E-state index contributed by atoms with van der Waals surface area (Å²) in [5.74, 6) is 0.784. The van der Waals surface area contributed by atoms with Crippen LogP contribution in [0.2, 0.25) is 0 Å². The molecule has 1 amide bonds. The molecule has 1 saturated carbocycles. The molecule has 1 aromatic rings. The summed E-state index contributed by atoms with van der Waals surface area (Å²) < 4.78 is 0. The van der Waals surface area contributed by atoms with E-state index in [9.17, 15) is 4.79 Å². The van der Waals surface area contributed by atoms with Crippen molar-refractivity contribution in [2.45, 2.75) is 52.5 Å². The summed E-state index contributed by atoms with van der Waals surface area (Å²) in [5.41, 5.74) is 1.04. The topological polar surface area (TPSA) is 42.0 Å². The first-order chi connectivity index (χ1) is 8.97. The van der Waals surface area contributed by atoms with E-state index in [2.05, 4.69) is 31.1 Å². The minimum atomic E-state index is 0.00677. The van der Waals surface area contributed by atoms with Crippen molar-refractivity contribution in [1.82, 2.24) is 10.3 Å². The number of amides is 1. The van der Waals surface area contributed by atoms with Gasteiger partial charge >= 0.3 is 0 Å². The average molecular weight is 260 g/mol. The molecule has 1 aliphatic rings. The minimum absolute atomic E-state index is 0.00677. The van der Waals surface area contributed by atoms with Gasteiger partial charge < -0.3 is 5.32 Å². The Morgan fingerprint density at radius 2 is 1.95 bits per heavy atom. The lowest BCUT2D eigenvalue weighted by molar-refractivity contribution is 0.0903. The highest BCUT2D eigenvalue weighted by Gasteiger charge is 2.30. The minimum Gasteiger partial charge on any atom is -0.349 e. The zero-order valence-electron chi connectivity index (χ0n) is 12.1. The van der Waals surface area contributed by atoms with Gasteiger partial charge in [-0.1, -0.05) is 20.8 Å². The predicted molar refractivity (Wildman–Crippen MR) is 76.9 cm³/mol. The standard InChI is InChI=1S/C16H24N2O/c1-16(2,3)13-6-8-14(9-7-13)18-15(19)12-5-4-10-17-11-12/h4-5,10-11,13-14H,6-9H2,1-3H3,(H,18,19). The first-order valence-electron chi connectivity index (χ1n) is 7.17. The molecule has 1 aromatic heterocycles. The van der Waals surface area contributed by atoms with Crippen LogP contribution >= 0.6 is 0 Å². The average Bonchev–Trinajstić information content (AvgIpc) is 2.39. The molecule has 0 aliphatic heterocycles. The summed E-state index contributed by atoms with van der Waals surface area (Å²) in [6, 6.07) is 3.93. The highest BCUT2D eigenvalue weighted by atomic mass is 16.1. The molecule has 0 atom stereocenters. The molecule has 1 heterocycles. The smallest absolute Gasteiger partial charge is 0.253 e. The molecule has 1 N–H and O–H groups in total. The van der Waals surface area contributed by atoms with E-state index >= 15 is 0 Å². The van der Waals surface area contributed by atoms with E-state index in [-0.39, 0.29) is 5.91 Å². The van der Waals surface area contributed by atoms with Gasteiger partial charge in [0, 0.05) is 18.4 Å². The van der Waals surface area contributed by atoms with E-state index < -0.39 is 0 Å². The molecule has 104 valence electrons. The van der Waals surface area contributed by atoms with Crippen LogP contribution in [0.4, 0.5) is 0 Å². The van der Waals surface area contributed by atoms with Crippen molar-refractivity contribution < 1.29 is 4.79 Å². The number of nitrogens with one attached hydrogen (secondary N) is 1. The van der Waals surface area contributed by atoms with Gasteiger partial charge in [0.1, 0.15) is 0 Å². The number of aromatic nitrogens is 1. The van der Waals surface area contributed by atoms with Crippen LogP contribution in [0.5, 0.6) is 0 Å². The quantitative estimate of drug-likeness (QED) is 0.885. The lowest BCUT2D eigenvalue weighted by Crippen LogP contribution is -2.39. The van der Waals surface area contributed by atoms with Gasteiger partial charge in [-0.2, -0.15) is 0 Å².